The van der Waals surface area contributed by atoms with Crippen molar-refractivity contribution in [1.29, 1.82) is 0 Å². The van der Waals surface area contributed by atoms with Crippen molar-refractivity contribution in [3.8, 4) is 0 Å². The van der Waals surface area contributed by atoms with E-state index in [1.807, 2.05) is 13.8 Å². The van der Waals surface area contributed by atoms with Gasteiger partial charge in [0.05, 0.1) is 7.11 Å². The lowest BCUT2D eigenvalue weighted by Gasteiger charge is -2.20. The Kier molecular flexibility index (Phi) is 7.82. The number of halogens is 2. The summed E-state index contributed by atoms with van der Waals surface area (Å²) in [5.41, 5.74) is 0.532. The maximum atomic E-state index is 12.0. The fourth-order valence-electron chi connectivity index (χ4n) is 2.09. The minimum absolute atomic E-state index is 0.0747. The second-order valence-electron chi connectivity index (χ2n) is 5.63. The number of hydrogen-bond acceptors (Lipinski definition) is 4. The molecule has 0 bridgehead atoms. The quantitative estimate of drug-likeness (QED) is 0.731. The highest BCUT2D eigenvalue weighted by molar-refractivity contribution is 6.36. The molecule has 0 fully saturated rings. The van der Waals surface area contributed by atoms with Crippen LogP contribution in [0.5, 0.6) is 0 Å². The second-order valence-corrected chi connectivity index (χ2v) is 6.45. The molecule has 1 aromatic carbocycles. The molecule has 1 amide bonds. The van der Waals surface area contributed by atoms with Gasteiger partial charge >= 0.3 is 5.97 Å². The minimum atomic E-state index is -1.19. The second kappa shape index (κ2) is 9.11. The largest absolute Gasteiger partial charge is 0.467 e. The first kappa shape index (κ1) is 19.7. The van der Waals surface area contributed by atoms with E-state index < -0.39 is 24.0 Å². The first-order chi connectivity index (χ1) is 10.8. The molecule has 0 spiro atoms. The number of hydrogen-bond donors (Lipinski definition) is 2. The summed E-state index contributed by atoms with van der Waals surface area (Å²) in [6.45, 7) is 3.77. The fourth-order valence-corrected chi connectivity index (χ4v) is 2.64. The molecule has 0 aromatic heterocycles. The normalized spacial score (nSPS) is 13.5. The van der Waals surface area contributed by atoms with Gasteiger partial charge in [-0.3, -0.25) is 4.79 Å². The molecule has 0 saturated heterocycles. The summed E-state index contributed by atoms with van der Waals surface area (Å²) in [5, 5.41) is 13.1. The van der Waals surface area contributed by atoms with Gasteiger partial charge in [0.25, 0.3) is 0 Å². The fraction of sp³-hybridized carbons (Fsp3) is 0.500. The maximum Gasteiger partial charge on any atom is 0.328 e. The molecule has 0 radical (unpaired) electrons. The molecule has 7 heteroatoms. The van der Waals surface area contributed by atoms with Crippen molar-refractivity contribution in [3.63, 3.8) is 0 Å². The average Bonchev–Trinajstić information content (AvgIpc) is 2.48. The lowest BCUT2D eigenvalue weighted by Crippen LogP contribution is -2.47. The summed E-state index contributed by atoms with van der Waals surface area (Å²) in [7, 11) is 1.22. The maximum absolute atomic E-state index is 12.0. The van der Waals surface area contributed by atoms with Gasteiger partial charge in [0, 0.05) is 16.5 Å². The van der Waals surface area contributed by atoms with Crippen LogP contribution in [0.2, 0.25) is 10.0 Å². The molecule has 23 heavy (non-hydrogen) atoms. The smallest absolute Gasteiger partial charge is 0.328 e. The van der Waals surface area contributed by atoms with Crippen molar-refractivity contribution in [2.24, 2.45) is 5.92 Å². The first-order valence-corrected chi connectivity index (χ1v) is 8.01. The van der Waals surface area contributed by atoms with E-state index in [0.29, 0.717) is 22.0 Å². The van der Waals surface area contributed by atoms with Gasteiger partial charge in [0.2, 0.25) is 5.91 Å². The molecule has 128 valence electrons. The zero-order valence-corrected chi connectivity index (χ0v) is 14.8. The van der Waals surface area contributed by atoms with Gasteiger partial charge in [-0.25, -0.2) is 4.79 Å². The van der Waals surface area contributed by atoms with E-state index in [4.69, 9.17) is 27.9 Å². The van der Waals surface area contributed by atoms with Crippen molar-refractivity contribution in [3.05, 3.63) is 33.8 Å². The lowest BCUT2D eigenvalue weighted by atomic mass is 10.0. The van der Waals surface area contributed by atoms with Crippen molar-refractivity contribution in [2.45, 2.75) is 38.8 Å². The Morgan fingerprint density at radius 1 is 1.26 bits per heavy atom. The van der Waals surface area contributed by atoms with E-state index in [2.05, 4.69) is 5.32 Å². The summed E-state index contributed by atoms with van der Waals surface area (Å²) in [5.74, 6) is -1.12. The van der Waals surface area contributed by atoms with E-state index in [-0.39, 0.29) is 12.3 Å². The summed E-state index contributed by atoms with van der Waals surface area (Å²) >= 11 is 12.2. The van der Waals surface area contributed by atoms with Gasteiger partial charge in [-0.2, -0.15) is 0 Å². The van der Waals surface area contributed by atoms with E-state index >= 15 is 0 Å². The van der Waals surface area contributed by atoms with Crippen LogP contribution < -0.4 is 5.32 Å². The molecule has 0 aliphatic heterocycles. The highest BCUT2D eigenvalue weighted by Gasteiger charge is 2.27. The van der Waals surface area contributed by atoms with Crippen molar-refractivity contribution >= 4 is 35.1 Å². The zero-order chi connectivity index (χ0) is 17.6. The molecule has 0 saturated carbocycles. The van der Waals surface area contributed by atoms with E-state index in [0.717, 1.165) is 0 Å². The van der Waals surface area contributed by atoms with Crippen LogP contribution >= 0.6 is 23.2 Å². The Labute approximate surface area is 145 Å². The van der Waals surface area contributed by atoms with Crippen LogP contribution in [-0.4, -0.2) is 36.2 Å². The Bertz CT molecular complexity index is 543. The van der Waals surface area contributed by atoms with Crippen LogP contribution in [0.15, 0.2) is 18.2 Å². The first-order valence-electron chi connectivity index (χ1n) is 7.25. The zero-order valence-electron chi connectivity index (χ0n) is 13.3. The number of methoxy groups -OCH3 is 1. The van der Waals surface area contributed by atoms with Crippen LogP contribution in [0.3, 0.4) is 0 Å². The standard InChI is InChI=1S/C16H21Cl2NO4/c1-9(2)7-14(20)15(21)19-13(16(22)23-3)8-10-11(17)5-4-6-12(10)18/h4-6,9,13-14,20H,7-8H2,1-3H3,(H,19,21)/t13-,14-/m0/s1. The number of aliphatic hydroxyl groups excluding tert-OH is 1. The van der Waals surface area contributed by atoms with Gasteiger partial charge in [-0.05, 0) is 30.0 Å². The number of carbonyl (C=O) groups excluding carboxylic acids is 2. The number of ether oxygens (including phenoxy) is 1. The van der Waals surface area contributed by atoms with Crippen LogP contribution in [0.1, 0.15) is 25.8 Å². The van der Waals surface area contributed by atoms with E-state index in [9.17, 15) is 14.7 Å². The number of aliphatic hydroxyl groups is 1. The van der Waals surface area contributed by atoms with E-state index in [1.54, 1.807) is 18.2 Å². The van der Waals surface area contributed by atoms with Gasteiger partial charge in [-0.15, -0.1) is 0 Å². The molecule has 0 aliphatic rings. The third kappa shape index (κ3) is 6.01. The molecule has 5 nitrogen and oxygen atoms in total. The third-order valence-corrected chi connectivity index (χ3v) is 3.98. The molecule has 0 aliphatic carbocycles. The van der Waals surface area contributed by atoms with Gasteiger partial charge < -0.3 is 15.2 Å². The number of nitrogens with one attached hydrogen (secondary N) is 1. The molecular weight excluding hydrogens is 341 g/mol. The van der Waals surface area contributed by atoms with Crippen molar-refractivity contribution in [2.75, 3.05) is 7.11 Å². The van der Waals surface area contributed by atoms with Gasteiger partial charge in [0.1, 0.15) is 12.1 Å². The molecule has 1 aromatic rings. The number of rotatable bonds is 7. The average molecular weight is 362 g/mol. The van der Waals surface area contributed by atoms with Crippen LogP contribution in [0.4, 0.5) is 0 Å². The molecule has 2 N–H and O–H groups in total. The number of amides is 1. The van der Waals surface area contributed by atoms with Gasteiger partial charge in [0.15, 0.2) is 0 Å². The number of carbonyl (C=O) groups is 2. The van der Waals surface area contributed by atoms with E-state index in [1.165, 1.54) is 7.11 Å². The monoisotopic (exact) mass is 361 g/mol. The Morgan fingerprint density at radius 2 is 1.83 bits per heavy atom. The number of esters is 1. The topological polar surface area (TPSA) is 75.6 Å². The summed E-state index contributed by atoms with van der Waals surface area (Å²) in [6.07, 6.45) is -0.818. The minimum Gasteiger partial charge on any atom is -0.467 e. The predicted octanol–water partition coefficient (Wildman–Crippen LogP) is 2.60. The Hall–Kier alpha value is -1.30. The Balaban J connectivity index is 2.89. The predicted molar refractivity (Wildman–Crippen MR) is 89.6 cm³/mol. The highest BCUT2D eigenvalue weighted by atomic mass is 35.5. The molecule has 0 heterocycles. The van der Waals surface area contributed by atoms with Crippen molar-refractivity contribution in [1.82, 2.24) is 5.32 Å². The molecule has 2 atom stereocenters. The number of benzene rings is 1. The molecule has 0 unspecified atom stereocenters. The molecule has 1 rings (SSSR count). The van der Waals surface area contributed by atoms with Crippen LogP contribution in [-0.2, 0) is 20.7 Å². The third-order valence-electron chi connectivity index (χ3n) is 3.27. The summed E-state index contributed by atoms with van der Waals surface area (Å²) in [4.78, 5) is 23.9. The SMILES string of the molecule is COC(=O)[C@H](Cc1c(Cl)cccc1Cl)NC(=O)[C@@H](O)CC(C)C. The lowest BCUT2D eigenvalue weighted by molar-refractivity contribution is -0.146. The highest BCUT2D eigenvalue weighted by Crippen LogP contribution is 2.25. The van der Waals surface area contributed by atoms with Gasteiger partial charge in [-0.1, -0.05) is 43.1 Å². The Morgan fingerprint density at radius 3 is 2.30 bits per heavy atom. The van der Waals surface area contributed by atoms with Crippen molar-refractivity contribution < 1.29 is 19.4 Å². The molecular formula is C16H21Cl2NO4. The van der Waals surface area contributed by atoms with Crippen LogP contribution in [0.25, 0.3) is 0 Å². The summed E-state index contributed by atoms with van der Waals surface area (Å²) in [6, 6.07) is 4.00. The van der Waals surface area contributed by atoms with Crippen LogP contribution in [0, 0.1) is 5.92 Å². The summed E-state index contributed by atoms with van der Waals surface area (Å²) < 4.78 is 4.70.